The highest BCUT2D eigenvalue weighted by Crippen LogP contribution is 2.31. The molecule has 0 atom stereocenters. The number of carbonyl (C=O) groups is 2. The summed E-state index contributed by atoms with van der Waals surface area (Å²) in [4.78, 5) is 26.3. The molecular weight excluding hydrogens is 327 g/mol. The van der Waals surface area contributed by atoms with Crippen molar-refractivity contribution in [1.29, 1.82) is 0 Å². The molecule has 1 aromatic carbocycles. The maximum atomic E-state index is 13.2. The Kier molecular flexibility index (Phi) is 4.35. The van der Waals surface area contributed by atoms with Crippen LogP contribution in [0.2, 0.25) is 0 Å². The van der Waals surface area contributed by atoms with Crippen molar-refractivity contribution >= 4 is 30.9 Å². The second kappa shape index (κ2) is 6.67. The van der Waals surface area contributed by atoms with E-state index in [1.807, 2.05) is 30.9 Å². The van der Waals surface area contributed by atoms with Crippen molar-refractivity contribution in [3.63, 3.8) is 0 Å². The van der Waals surface area contributed by atoms with Crippen LogP contribution in [0, 0.1) is 0 Å². The number of anilines is 1. The monoisotopic (exact) mass is 350 g/mol. The van der Waals surface area contributed by atoms with Crippen molar-refractivity contribution in [3.8, 4) is 0 Å². The topological polar surface area (TPSA) is 51.5 Å². The minimum absolute atomic E-state index is 0.0420. The van der Waals surface area contributed by atoms with E-state index in [4.69, 9.17) is 4.74 Å². The van der Waals surface area contributed by atoms with E-state index in [1.54, 1.807) is 0 Å². The molecule has 0 bridgehead atoms. The molecule has 1 amide bonds. The summed E-state index contributed by atoms with van der Waals surface area (Å²) in [6.45, 7) is 3.06. The van der Waals surface area contributed by atoms with Gasteiger partial charge in [-0.25, -0.2) is 0 Å². The van der Waals surface area contributed by atoms with E-state index < -0.39 is 0 Å². The van der Waals surface area contributed by atoms with Crippen LogP contribution in [0.1, 0.15) is 47.1 Å². The van der Waals surface area contributed by atoms with Crippen LogP contribution in [-0.4, -0.2) is 30.8 Å². The van der Waals surface area contributed by atoms with E-state index in [0.717, 1.165) is 41.8 Å². The molecule has 1 aliphatic carbocycles. The highest BCUT2D eigenvalue weighted by Gasteiger charge is 2.31. The molecule has 0 N–H and O–H groups in total. The van der Waals surface area contributed by atoms with E-state index in [2.05, 4.69) is 10.6 Å². The smallest absolute Gasteiger partial charge is 0.302 e. The molecule has 0 saturated carbocycles. The number of amides is 1. The molecule has 134 valence electrons. The quantitative estimate of drug-likeness (QED) is 0.620. The van der Waals surface area contributed by atoms with Crippen molar-refractivity contribution in [2.45, 2.75) is 45.8 Å². The van der Waals surface area contributed by atoms with Crippen LogP contribution < -0.4 is 10.4 Å². The van der Waals surface area contributed by atoms with Gasteiger partial charge in [0.1, 0.15) is 20.1 Å². The van der Waals surface area contributed by atoms with Gasteiger partial charge in [0.25, 0.3) is 5.91 Å². The number of hydrogen-bond donors (Lipinski definition) is 0. The first kappa shape index (κ1) is 16.9. The number of esters is 1. The number of nitrogens with zero attached hydrogens (tertiary/aromatic N) is 2. The number of carbonyl (C=O) groups excluding carboxylic acids is 2. The van der Waals surface area contributed by atoms with E-state index in [9.17, 15) is 9.59 Å². The van der Waals surface area contributed by atoms with Gasteiger partial charge in [-0.3, -0.25) is 9.59 Å². The van der Waals surface area contributed by atoms with Gasteiger partial charge < -0.3 is 14.2 Å². The van der Waals surface area contributed by atoms with E-state index in [1.165, 1.54) is 31.0 Å². The molecule has 1 aliphatic heterocycles. The lowest BCUT2D eigenvalue weighted by molar-refractivity contribution is -0.142. The van der Waals surface area contributed by atoms with Crippen molar-refractivity contribution in [2.75, 3.05) is 11.4 Å². The van der Waals surface area contributed by atoms with Crippen LogP contribution in [0.3, 0.4) is 0 Å². The molecule has 0 saturated heterocycles. The Morgan fingerprint density at radius 3 is 2.85 bits per heavy atom. The molecule has 0 radical (unpaired) electrons. The van der Waals surface area contributed by atoms with Gasteiger partial charge in [-0.2, -0.15) is 0 Å². The fourth-order valence-corrected chi connectivity index (χ4v) is 4.17. The second-order valence-corrected chi connectivity index (χ2v) is 7.17. The normalized spacial score (nSPS) is 16.2. The van der Waals surface area contributed by atoms with Gasteiger partial charge in [0.05, 0.1) is 5.69 Å². The third kappa shape index (κ3) is 2.83. The van der Waals surface area contributed by atoms with E-state index >= 15 is 0 Å². The number of aryl methyl sites for hydroxylation is 1. The van der Waals surface area contributed by atoms with Crippen LogP contribution in [0.5, 0.6) is 0 Å². The highest BCUT2D eigenvalue weighted by molar-refractivity contribution is 6.34. The molecule has 0 unspecified atom stereocenters. The van der Waals surface area contributed by atoms with Crippen LogP contribution in [-0.2, 0) is 35.5 Å². The first-order valence-electron chi connectivity index (χ1n) is 9.31. The lowest BCUT2D eigenvalue weighted by Crippen LogP contribution is -2.41. The van der Waals surface area contributed by atoms with Crippen molar-refractivity contribution in [2.24, 2.45) is 0 Å². The first-order chi connectivity index (χ1) is 12.6. The summed E-state index contributed by atoms with van der Waals surface area (Å²) in [6.07, 6.45) is 4.56. The van der Waals surface area contributed by atoms with Gasteiger partial charge >= 0.3 is 5.97 Å². The van der Waals surface area contributed by atoms with E-state index in [0.29, 0.717) is 6.54 Å². The first-order valence-corrected chi connectivity index (χ1v) is 9.31. The number of aromatic nitrogens is 1. The van der Waals surface area contributed by atoms with Crippen molar-refractivity contribution < 1.29 is 14.3 Å². The Hall–Kier alpha value is -2.50. The Labute approximate surface area is 154 Å². The number of fused-ring (bicyclic) bond motifs is 3. The van der Waals surface area contributed by atoms with Gasteiger partial charge in [0.15, 0.2) is 0 Å². The molecule has 6 heteroatoms. The minimum atomic E-state index is -0.314. The number of rotatable bonds is 3. The average molecular weight is 350 g/mol. The zero-order valence-corrected chi connectivity index (χ0v) is 15.4. The van der Waals surface area contributed by atoms with Crippen LogP contribution in [0.15, 0.2) is 24.3 Å². The Morgan fingerprint density at radius 1 is 1.23 bits per heavy atom. The van der Waals surface area contributed by atoms with Crippen LogP contribution in [0.25, 0.3) is 0 Å². The van der Waals surface area contributed by atoms with Crippen molar-refractivity contribution in [3.05, 3.63) is 46.8 Å². The summed E-state index contributed by atoms with van der Waals surface area (Å²) < 4.78 is 7.45. The molecule has 2 aromatic rings. The number of ether oxygens (including phenoxy) is 1. The fraction of sp³-hybridized carbons (Fsp3) is 0.400. The maximum Gasteiger partial charge on any atom is 0.302 e. The Bertz CT molecular complexity index is 887. The van der Waals surface area contributed by atoms with Crippen molar-refractivity contribution in [1.82, 2.24) is 4.57 Å². The zero-order valence-electron chi connectivity index (χ0n) is 15.4. The molecule has 5 nitrogen and oxygen atoms in total. The molecule has 26 heavy (non-hydrogen) atoms. The van der Waals surface area contributed by atoms with Gasteiger partial charge in [-0.15, -0.1) is 0 Å². The fourth-order valence-electron chi connectivity index (χ4n) is 4.17. The SMILES string of the molecule is Bc1cccc(N2CCn3c(cc4c3CCCC4)C2=O)c1COC(C)=O. The summed E-state index contributed by atoms with van der Waals surface area (Å²) >= 11 is 0. The maximum absolute atomic E-state index is 13.2. The number of benzene rings is 1. The summed E-state index contributed by atoms with van der Waals surface area (Å²) in [5, 5.41) is 0. The standard InChI is InChI=1S/C20H23BN2O3/c1-13(24)26-12-15-16(21)6-4-8-18(15)23-10-9-22-17-7-3-2-5-14(17)11-19(22)20(23)25/h4,6,8,11H,2-3,5,7,9-10,12,21H2,1H3. The summed E-state index contributed by atoms with van der Waals surface area (Å²) in [7, 11) is 1.98. The van der Waals surface area contributed by atoms with Gasteiger partial charge in [-0.05, 0) is 43.4 Å². The molecule has 0 fully saturated rings. The molecular formula is C20H23BN2O3. The summed E-state index contributed by atoms with van der Waals surface area (Å²) in [5.41, 5.74) is 6.26. The minimum Gasteiger partial charge on any atom is -0.461 e. The largest absolute Gasteiger partial charge is 0.461 e. The predicted octanol–water partition coefficient (Wildman–Crippen LogP) is 1.35. The predicted molar refractivity (Wildman–Crippen MR) is 103 cm³/mol. The lowest BCUT2D eigenvalue weighted by Gasteiger charge is -2.31. The molecule has 0 spiro atoms. The van der Waals surface area contributed by atoms with E-state index in [-0.39, 0.29) is 18.5 Å². The Balaban J connectivity index is 1.70. The average Bonchev–Trinajstić information content (AvgIpc) is 3.01. The molecule has 2 heterocycles. The lowest BCUT2D eigenvalue weighted by atomic mass is 9.89. The molecule has 2 aliphatic rings. The summed E-state index contributed by atoms with van der Waals surface area (Å²) in [5.74, 6) is -0.272. The second-order valence-electron chi connectivity index (χ2n) is 7.17. The van der Waals surface area contributed by atoms with Crippen LogP contribution in [0.4, 0.5) is 5.69 Å². The number of hydrogen-bond acceptors (Lipinski definition) is 3. The molecule has 1 aromatic heterocycles. The van der Waals surface area contributed by atoms with Crippen LogP contribution >= 0.6 is 0 Å². The third-order valence-corrected chi connectivity index (χ3v) is 5.52. The zero-order chi connectivity index (χ0) is 18.3. The molecule has 4 rings (SSSR count). The van der Waals surface area contributed by atoms with Gasteiger partial charge in [-0.1, -0.05) is 17.6 Å². The Morgan fingerprint density at radius 2 is 2.04 bits per heavy atom. The highest BCUT2D eigenvalue weighted by atomic mass is 16.5. The third-order valence-electron chi connectivity index (χ3n) is 5.52. The van der Waals surface area contributed by atoms with Gasteiger partial charge in [0, 0.05) is 31.3 Å². The van der Waals surface area contributed by atoms with Gasteiger partial charge in [0.2, 0.25) is 0 Å². The summed E-state index contributed by atoms with van der Waals surface area (Å²) in [6, 6.07) is 7.97.